The van der Waals surface area contributed by atoms with Gasteiger partial charge in [0.25, 0.3) is 5.69 Å². The zero-order valence-corrected chi connectivity index (χ0v) is 5.78. The molecule has 7 nitrogen and oxygen atoms in total. The van der Waals surface area contributed by atoms with Crippen LogP contribution in [0, 0.1) is 10.1 Å². The van der Waals surface area contributed by atoms with Gasteiger partial charge in [0, 0.05) is 6.07 Å². The van der Waals surface area contributed by atoms with Crippen LogP contribution in [0.15, 0.2) is 18.3 Å². The molecule has 0 radical (unpaired) electrons. The highest BCUT2D eigenvalue weighted by Crippen LogP contribution is 2.09. The second kappa shape index (κ2) is 2.22. The van der Waals surface area contributed by atoms with Crippen LogP contribution < -0.4 is 0 Å². The SMILES string of the molecule is O=[N+]([O-])c1ccc2nnnn2c1. The molecule has 0 spiro atoms. The van der Waals surface area contributed by atoms with Crippen LogP contribution in [-0.4, -0.2) is 25.0 Å². The van der Waals surface area contributed by atoms with E-state index in [2.05, 4.69) is 15.5 Å². The lowest BCUT2D eigenvalue weighted by Gasteiger charge is -1.89. The normalized spacial score (nSPS) is 10.3. The van der Waals surface area contributed by atoms with E-state index in [9.17, 15) is 10.1 Å². The van der Waals surface area contributed by atoms with Crippen LogP contribution in [0.5, 0.6) is 0 Å². The maximum atomic E-state index is 10.3. The Bertz CT molecular complexity index is 436. The molecule has 0 aliphatic carbocycles. The summed E-state index contributed by atoms with van der Waals surface area (Å²) in [5.74, 6) is 0. The van der Waals surface area contributed by atoms with E-state index in [0.717, 1.165) is 0 Å². The molecule has 0 atom stereocenters. The highest BCUT2D eigenvalue weighted by molar-refractivity contribution is 5.41. The summed E-state index contributed by atoms with van der Waals surface area (Å²) in [6.45, 7) is 0. The first kappa shape index (κ1) is 6.65. The fourth-order valence-corrected chi connectivity index (χ4v) is 0.838. The van der Waals surface area contributed by atoms with Gasteiger partial charge >= 0.3 is 0 Å². The number of nitrogens with zero attached hydrogens (tertiary/aromatic N) is 5. The van der Waals surface area contributed by atoms with Crippen LogP contribution in [0.4, 0.5) is 5.69 Å². The summed E-state index contributed by atoms with van der Waals surface area (Å²) < 4.78 is 1.25. The molecule has 2 heterocycles. The van der Waals surface area contributed by atoms with Gasteiger partial charge in [-0.2, -0.15) is 4.52 Å². The fraction of sp³-hybridized carbons (Fsp3) is 0. The lowest BCUT2D eigenvalue weighted by molar-refractivity contribution is -0.385. The third-order valence-corrected chi connectivity index (χ3v) is 1.39. The van der Waals surface area contributed by atoms with Gasteiger partial charge < -0.3 is 0 Å². The topological polar surface area (TPSA) is 86.2 Å². The predicted octanol–water partition coefficient (Wildman–Crippen LogP) is 0.0325. The molecule has 7 heteroatoms. The Hall–Kier alpha value is -2.05. The summed E-state index contributed by atoms with van der Waals surface area (Å²) >= 11 is 0. The van der Waals surface area contributed by atoms with E-state index in [4.69, 9.17) is 0 Å². The van der Waals surface area contributed by atoms with Crippen LogP contribution in [0.3, 0.4) is 0 Å². The highest BCUT2D eigenvalue weighted by Gasteiger charge is 2.06. The summed E-state index contributed by atoms with van der Waals surface area (Å²) in [4.78, 5) is 9.79. The minimum atomic E-state index is -0.499. The number of hydrogen-bond donors (Lipinski definition) is 0. The van der Waals surface area contributed by atoms with Crippen molar-refractivity contribution in [1.29, 1.82) is 0 Å². The highest BCUT2D eigenvalue weighted by atomic mass is 16.6. The molecule has 0 bridgehead atoms. The third-order valence-electron chi connectivity index (χ3n) is 1.39. The standard InChI is InChI=1S/C5H3N5O2/c11-10(12)4-1-2-5-6-7-8-9(5)3-4/h1-3H. The van der Waals surface area contributed by atoms with E-state index in [1.165, 1.54) is 22.8 Å². The van der Waals surface area contributed by atoms with E-state index in [1.807, 2.05) is 0 Å². The van der Waals surface area contributed by atoms with Crippen molar-refractivity contribution in [2.45, 2.75) is 0 Å². The summed E-state index contributed by atoms with van der Waals surface area (Å²) in [5.41, 5.74) is 0.454. The Morgan fingerprint density at radius 1 is 1.50 bits per heavy atom. The van der Waals surface area contributed by atoms with Gasteiger partial charge in [0.15, 0.2) is 5.65 Å². The van der Waals surface area contributed by atoms with Gasteiger partial charge in [-0.05, 0) is 16.5 Å². The molecule has 60 valence electrons. The number of aromatic nitrogens is 4. The maximum Gasteiger partial charge on any atom is 0.287 e. The number of tetrazole rings is 1. The Balaban J connectivity index is 2.68. The number of pyridine rings is 1. The van der Waals surface area contributed by atoms with Gasteiger partial charge in [0.1, 0.15) is 6.20 Å². The van der Waals surface area contributed by atoms with Crippen molar-refractivity contribution in [3.05, 3.63) is 28.4 Å². The first-order valence-electron chi connectivity index (χ1n) is 3.09. The van der Waals surface area contributed by atoms with Crippen LogP contribution in [0.2, 0.25) is 0 Å². The van der Waals surface area contributed by atoms with Crippen LogP contribution in [-0.2, 0) is 0 Å². The van der Waals surface area contributed by atoms with Gasteiger partial charge in [0.05, 0.1) is 4.92 Å². The minimum absolute atomic E-state index is 0.0326. The first-order valence-corrected chi connectivity index (χ1v) is 3.09. The molecule has 0 aliphatic heterocycles. The number of hydrogen-bond acceptors (Lipinski definition) is 5. The molecule has 0 fully saturated rings. The molecule has 2 rings (SSSR count). The quantitative estimate of drug-likeness (QED) is 0.439. The van der Waals surface area contributed by atoms with Gasteiger partial charge in [-0.1, -0.05) is 0 Å². The predicted molar refractivity (Wildman–Crippen MR) is 37.4 cm³/mol. The fourth-order valence-electron chi connectivity index (χ4n) is 0.838. The minimum Gasteiger partial charge on any atom is -0.258 e. The number of fused-ring (bicyclic) bond motifs is 1. The number of nitro groups is 1. The second-order valence-corrected chi connectivity index (χ2v) is 2.13. The van der Waals surface area contributed by atoms with E-state index >= 15 is 0 Å². The van der Waals surface area contributed by atoms with E-state index < -0.39 is 4.92 Å². The van der Waals surface area contributed by atoms with Crippen molar-refractivity contribution in [1.82, 2.24) is 20.0 Å². The third kappa shape index (κ3) is 0.875. The summed E-state index contributed by atoms with van der Waals surface area (Å²) in [5, 5.41) is 20.7. The van der Waals surface area contributed by atoms with Crippen LogP contribution in [0.1, 0.15) is 0 Å². The van der Waals surface area contributed by atoms with Crippen molar-refractivity contribution in [2.75, 3.05) is 0 Å². The zero-order chi connectivity index (χ0) is 8.55. The zero-order valence-electron chi connectivity index (χ0n) is 5.78. The Kier molecular flexibility index (Phi) is 1.23. The van der Waals surface area contributed by atoms with Crippen LogP contribution in [0.25, 0.3) is 5.65 Å². The van der Waals surface area contributed by atoms with Crippen LogP contribution >= 0.6 is 0 Å². The smallest absolute Gasteiger partial charge is 0.258 e. The largest absolute Gasteiger partial charge is 0.287 e. The van der Waals surface area contributed by atoms with E-state index in [-0.39, 0.29) is 5.69 Å². The summed E-state index contributed by atoms with van der Waals surface area (Å²) in [6.07, 6.45) is 1.26. The maximum absolute atomic E-state index is 10.3. The second-order valence-electron chi connectivity index (χ2n) is 2.13. The van der Waals surface area contributed by atoms with E-state index in [1.54, 1.807) is 0 Å². The van der Waals surface area contributed by atoms with Gasteiger partial charge in [0.2, 0.25) is 0 Å². The number of rotatable bonds is 1. The molecule has 0 amide bonds. The molecule has 0 saturated heterocycles. The molecular weight excluding hydrogens is 162 g/mol. The van der Waals surface area contributed by atoms with Crippen molar-refractivity contribution < 1.29 is 4.92 Å². The molecule has 0 unspecified atom stereocenters. The Morgan fingerprint density at radius 2 is 2.33 bits per heavy atom. The monoisotopic (exact) mass is 165 g/mol. The molecule has 0 N–H and O–H groups in total. The average molecular weight is 165 g/mol. The molecule has 0 saturated carbocycles. The van der Waals surface area contributed by atoms with Gasteiger partial charge in [-0.25, -0.2) is 0 Å². The molecule has 0 aliphatic rings. The Labute approximate surface area is 65.8 Å². The first-order chi connectivity index (χ1) is 5.77. The molecule has 2 aromatic rings. The van der Waals surface area contributed by atoms with Crippen molar-refractivity contribution in [2.24, 2.45) is 0 Å². The lowest BCUT2D eigenvalue weighted by atomic mass is 10.4. The molecule has 0 aromatic carbocycles. The van der Waals surface area contributed by atoms with Gasteiger partial charge in [-0.3, -0.25) is 10.1 Å². The molecule has 12 heavy (non-hydrogen) atoms. The molecule has 2 aromatic heterocycles. The molecular formula is C5H3N5O2. The van der Waals surface area contributed by atoms with E-state index in [0.29, 0.717) is 5.65 Å². The van der Waals surface area contributed by atoms with Crippen molar-refractivity contribution in [3.63, 3.8) is 0 Å². The summed E-state index contributed by atoms with van der Waals surface area (Å²) in [6, 6.07) is 2.84. The van der Waals surface area contributed by atoms with Crippen molar-refractivity contribution in [3.8, 4) is 0 Å². The average Bonchev–Trinajstić information content (AvgIpc) is 2.49. The Morgan fingerprint density at radius 3 is 3.08 bits per heavy atom. The summed E-state index contributed by atoms with van der Waals surface area (Å²) in [7, 11) is 0. The lowest BCUT2D eigenvalue weighted by Crippen LogP contribution is -1.92. The van der Waals surface area contributed by atoms with Gasteiger partial charge in [-0.15, -0.1) is 5.10 Å². The van der Waals surface area contributed by atoms with Crippen molar-refractivity contribution >= 4 is 11.3 Å².